The molecule has 3 aromatic rings. The van der Waals surface area contributed by atoms with Crippen molar-refractivity contribution in [2.45, 2.75) is 19.8 Å². The Morgan fingerprint density at radius 1 is 1.25 bits per heavy atom. The Labute approximate surface area is 162 Å². The highest BCUT2D eigenvalue weighted by Gasteiger charge is 2.29. The zero-order valence-corrected chi connectivity index (χ0v) is 15.5. The lowest BCUT2D eigenvalue weighted by Gasteiger charge is -2.30. The van der Waals surface area contributed by atoms with Crippen LogP contribution >= 0.6 is 0 Å². The maximum absolute atomic E-state index is 12.7. The van der Waals surface area contributed by atoms with Crippen LogP contribution in [0.1, 0.15) is 28.9 Å². The molecule has 4 heterocycles. The smallest absolute Gasteiger partial charge is 0.274 e. The molecule has 2 amide bonds. The average molecular weight is 379 g/mol. The predicted octanol–water partition coefficient (Wildman–Crippen LogP) is 2.86. The number of rotatable bonds is 4. The van der Waals surface area contributed by atoms with Gasteiger partial charge in [0, 0.05) is 31.3 Å². The number of hydrogen-bond acceptors (Lipinski definition) is 5. The number of anilines is 1. The lowest BCUT2D eigenvalue weighted by molar-refractivity contribution is -0.121. The number of amides is 2. The number of H-pyrrole nitrogens is 1. The van der Waals surface area contributed by atoms with Gasteiger partial charge < -0.3 is 14.6 Å². The molecule has 0 spiro atoms. The first-order valence-corrected chi connectivity index (χ1v) is 9.22. The molecule has 144 valence electrons. The van der Waals surface area contributed by atoms with Crippen LogP contribution < -0.4 is 5.32 Å². The topological polar surface area (TPSA) is 104 Å². The van der Waals surface area contributed by atoms with Gasteiger partial charge in [-0.05, 0) is 43.5 Å². The molecule has 8 heteroatoms. The molecule has 0 aliphatic carbocycles. The van der Waals surface area contributed by atoms with Crippen LogP contribution in [-0.4, -0.2) is 45.0 Å². The van der Waals surface area contributed by atoms with Crippen molar-refractivity contribution in [2.24, 2.45) is 5.92 Å². The standard InChI is InChI=1S/C20H21N5O3/c1-13-4-5-18(21-12-13)22-19(26)14-6-8-25(9-7-14)20(27)16-11-15(23-24-16)17-3-2-10-28-17/h2-5,10-12,14H,6-9H2,1H3,(H,23,24)(H,21,22,26). The molecule has 0 saturated carbocycles. The fraction of sp³-hybridized carbons (Fsp3) is 0.300. The van der Waals surface area contributed by atoms with Crippen molar-refractivity contribution in [3.05, 3.63) is 54.0 Å². The van der Waals surface area contributed by atoms with E-state index >= 15 is 0 Å². The molecule has 1 aliphatic heterocycles. The highest BCUT2D eigenvalue weighted by Crippen LogP contribution is 2.22. The molecule has 0 radical (unpaired) electrons. The van der Waals surface area contributed by atoms with E-state index in [1.54, 1.807) is 41.6 Å². The molecular weight excluding hydrogens is 358 g/mol. The summed E-state index contributed by atoms with van der Waals surface area (Å²) in [5.74, 6) is 0.851. The van der Waals surface area contributed by atoms with Crippen LogP contribution in [0.2, 0.25) is 0 Å². The fourth-order valence-electron chi connectivity index (χ4n) is 3.27. The van der Waals surface area contributed by atoms with E-state index in [1.807, 2.05) is 13.0 Å². The first-order valence-electron chi connectivity index (χ1n) is 9.22. The summed E-state index contributed by atoms with van der Waals surface area (Å²) in [5, 5.41) is 9.78. The third-order valence-electron chi connectivity index (χ3n) is 4.90. The lowest BCUT2D eigenvalue weighted by atomic mass is 9.95. The van der Waals surface area contributed by atoms with Gasteiger partial charge in [-0.2, -0.15) is 5.10 Å². The number of hydrogen-bond donors (Lipinski definition) is 2. The van der Waals surface area contributed by atoms with Crippen LogP contribution in [0.25, 0.3) is 11.5 Å². The van der Waals surface area contributed by atoms with Crippen molar-refractivity contribution in [3.8, 4) is 11.5 Å². The van der Waals surface area contributed by atoms with Crippen LogP contribution in [-0.2, 0) is 4.79 Å². The number of carbonyl (C=O) groups excluding carboxylic acids is 2. The Morgan fingerprint density at radius 3 is 2.75 bits per heavy atom. The van der Waals surface area contributed by atoms with Gasteiger partial charge in [-0.3, -0.25) is 14.7 Å². The number of aromatic amines is 1. The van der Waals surface area contributed by atoms with E-state index < -0.39 is 0 Å². The van der Waals surface area contributed by atoms with E-state index in [9.17, 15) is 9.59 Å². The summed E-state index contributed by atoms with van der Waals surface area (Å²) < 4.78 is 5.31. The average Bonchev–Trinajstić information content (AvgIpc) is 3.41. The normalized spacial score (nSPS) is 14.8. The van der Waals surface area contributed by atoms with Gasteiger partial charge in [-0.15, -0.1) is 0 Å². The van der Waals surface area contributed by atoms with Gasteiger partial charge >= 0.3 is 0 Å². The van der Waals surface area contributed by atoms with Crippen LogP contribution in [0.3, 0.4) is 0 Å². The zero-order valence-electron chi connectivity index (χ0n) is 15.5. The van der Waals surface area contributed by atoms with E-state index in [-0.39, 0.29) is 17.7 Å². The largest absolute Gasteiger partial charge is 0.463 e. The van der Waals surface area contributed by atoms with Gasteiger partial charge in [0.05, 0.1) is 6.26 Å². The SMILES string of the molecule is Cc1ccc(NC(=O)C2CCN(C(=O)c3cc(-c4ccco4)[nH]n3)CC2)nc1. The van der Waals surface area contributed by atoms with Crippen LogP contribution in [0.4, 0.5) is 5.82 Å². The van der Waals surface area contributed by atoms with Crippen LogP contribution in [0.5, 0.6) is 0 Å². The molecule has 0 unspecified atom stereocenters. The third kappa shape index (κ3) is 3.80. The molecule has 1 saturated heterocycles. The highest BCUT2D eigenvalue weighted by molar-refractivity contribution is 5.94. The third-order valence-corrected chi connectivity index (χ3v) is 4.90. The van der Waals surface area contributed by atoms with Crippen molar-refractivity contribution in [1.82, 2.24) is 20.1 Å². The van der Waals surface area contributed by atoms with Crippen molar-refractivity contribution in [1.29, 1.82) is 0 Å². The summed E-state index contributed by atoms with van der Waals surface area (Å²) in [7, 11) is 0. The van der Waals surface area contributed by atoms with Crippen LogP contribution in [0.15, 0.2) is 47.2 Å². The Hall–Kier alpha value is -3.42. The minimum absolute atomic E-state index is 0.0525. The molecule has 1 fully saturated rings. The van der Waals surface area contributed by atoms with Gasteiger partial charge in [0.25, 0.3) is 5.91 Å². The molecule has 1 aliphatic rings. The molecule has 28 heavy (non-hydrogen) atoms. The van der Waals surface area contributed by atoms with E-state index in [0.717, 1.165) is 5.56 Å². The Morgan fingerprint density at radius 2 is 2.07 bits per heavy atom. The summed E-state index contributed by atoms with van der Waals surface area (Å²) >= 11 is 0. The summed E-state index contributed by atoms with van der Waals surface area (Å²) in [5.41, 5.74) is 2.05. The summed E-state index contributed by atoms with van der Waals surface area (Å²) in [4.78, 5) is 31.1. The molecule has 0 aromatic carbocycles. The quantitative estimate of drug-likeness (QED) is 0.725. The van der Waals surface area contributed by atoms with E-state index in [2.05, 4.69) is 20.5 Å². The second-order valence-electron chi connectivity index (χ2n) is 6.92. The maximum atomic E-state index is 12.7. The second-order valence-corrected chi connectivity index (χ2v) is 6.92. The predicted molar refractivity (Wildman–Crippen MR) is 103 cm³/mol. The number of furan rings is 1. The number of nitrogens with zero attached hydrogens (tertiary/aromatic N) is 3. The number of likely N-dealkylation sites (tertiary alicyclic amines) is 1. The molecule has 3 aromatic heterocycles. The van der Waals surface area contributed by atoms with Gasteiger partial charge in [-0.25, -0.2) is 4.98 Å². The van der Waals surface area contributed by atoms with Crippen molar-refractivity contribution < 1.29 is 14.0 Å². The van der Waals surface area contributed by atoms with E-state index in [4.69, 9.17) is 4.42 Å². The fourth-order valence-corrected chi connectivity index (χ4v) is 3.27. The summed E-state index contributed by atoms with van der Waals surface area (Å²) in [6.07, 6.45) is 4.51. The zero-order chi connectivity index (χ0) is 19.5. The van der Waals surface area contributed by atoms with E-state index in [1.165, 1.54) is 0 Å². The minimum atomic E-state index is -0.145. The Kier molecular flexibility index (Phi) is 4.92. The number of aromatic nitrogens is 3. The van der Waals surface area contributed by atoms with Gasteiger partial charge in [0.15, 0.2) is 11.5 Å². The van der Waals surface area contributed by atoms with Crippen molar-refractivity contribution in [2.75, 3.05) is 18.4 Å². The summed E-state index contributed by atoms with van der Waals surface area (Å²) in [6, 6.07) is 8.96. The molecule has 2 N–H and O–H groups in total. The second kappa shape index (κ2) is 7.67. The number of aryl methyl sites for hydroxylation is 1. The number of piperidine rings is 1. The molecular formula is C20H21N5O3. The van der Waals surface area contributed by atoms with Crippen LogP contribution in [0, 0.1) is 12.8 Å². The minimum Gasteiger partial charge on any atom is -0.463 e. The maximum Gasteiger partial charge on any atom is 0.274 e. The number of nitrogens with one attached hydrogen (secondary N) is 2. The van der Waals surface area contributed by atoms with E-state index in [0.29, 0.717) is 48.9 Å². The van der Waals surface area contributed by atoms with Gasteiger partial charge in [0.2, 0.25) is 5.91 Å². The monoisotopic (exact) mass is 379 g/mol. The molecule has 4 rings (SSSR count). The summed E-state index contributed by atoms with van der Waals surface area (Å²) in [6.45, 7) is 2.98. The first-order chi connectivity index (χ1) is 13.6. The molecule has 0 atom stereocenters. The number of carbonyl (C=O) groups is 2. The first kappa shape index (κ1) is 18.0. The Balaban J connectivity index is 1.33. The van der Waals surface area contributed by atoms with Crippen molar-refractivity contribution in [3.63, 3.8) is 0 Å². The Bertz CT molecular complexity index is 954. The number of pyridine rings is 1. The van der Waals surface area contributed by atoms with Crippen molar-refractivity contribution >= 4 is 17.6 Å². The molecule has 0 bridgehead atoms. The van der Waals surface area contributed by atoms with Gasteiger partial charge in [0.1, 0.15) is 11.5 Å². The van der Waals surface area contributed by atoms with Gasteiger partial charge in [-0.1, -0.05) is 6.07 Å². The lowest BCUT2D eigenvalue weighted by Crippen LogP contribution is -2.41. The highest BCUT2D eigenvalue weighted by atomic mass is 16.3. The molecule has 8 nitrogen and oxygen atoms in total.